The van der Waals surface area contributed by atoms with E-state index in [-0.39, 0.29) is 18.4 Å². The maximum Gasteiger partial charge on any atom is 0.138 e. The smallest absolute Gasteiger partial charge is 0.138 e. The van der Waals surface area contributed by atoms with Gasteiger partial charge in [0.1, 0.15) is 23.8 Å². The fraction of sp³-hybridized carbons (Fsp3) is 0.385. The molecule has 0 aliphatic heterocycles. The van der Waals surface area contributed by atoms with Crippen LogP contribution in [0.25, 0.3) is 0 Å². The molecule has 1 unspecified atom stereocenters. The fourth-order valence-electron chi connectivity index (χ4n) is 1.93. The van der Waals surface area contributed by atoms with Crippen LogP contribution < -0.4 is 0 Å². The van der Waals surface area contributed by atoms with Crippen molar-refractivity contribution in [3.63, 3.8) is 0 Å². The summed E-state index contributed by atoms with van der Waals surface area (Å²) >= 11 is 0. The second-order valence-corrected chi connectivity index (χ2v) is 4.29. The zero-order chi connectivity index (χ0) is 13.8. The van der Waals surface area contributed by atoms with Crippen LogP contribution in [0.4, 0.5) is 8.78 Å². The number of aliphatic hydroxyl groups is 1. The lowest BCUT2D eigenvalue weighted by Crippen LogP contribution is -2.18. The first-order valence-electron chi connectivity index (χ1n) is 6.08. The van der Waals surface area contributed by atoms with Gasteiger partial charge in [-0.05, 0) is 18.6 Å². The SMILES string of the molecule is CCn1ncnc1CC(O)Cc1ccc(F)cc1F. The van der Waals surface area contributed by atoms with Crippen molar-refractivity contribution in [1.82, 2.24) is 14.8 Å². The molecule has 0 amide bonds. The van der Waals surface area contributed by atoms with Gasteiger partial charge in [0.05, 0.1) is 6.10 Å². The van der Waals surface area contributed by atoms with Crippen molar-refractivity contribution in [2.45, 2.75) is 32.4 Å². The Morgan fingerprint density at radius 2 is 2.11 bits per heavy atom. The number of hydrogen-bond donors (Lipinski definition) is 1. The summed E-state index contributed by atoms with van der Waals surface area (Å²) in [7, 11) is 0. The lowest BCUT2D eigenvalue weighted by Gasteiger charge is -2.11. The van der Waals surface area contributed by atoms with Crippen LogP contribution in [0.3, 0.4) is 0 Å². The fourth-order valence-corrected chi connectivity index (χ4v) is 1.93. The Bertz CT molecular complexity index is 557. The van der Waals surface area contributed by atoms with Crippen LogP contribution in [0, 0.1) is 11.6 Å². The first-order valence-corrected chi connectivity index (χ1v) is 6.08. The molecule has 1 atom stereocenters. The maximum absolute atomic E-state index is 13.5. The highest BCUT2D eigenvalue weighted by Gasteiger charge is 2.14. The number of halogens is 2. The molecule has 0 bridgehead atoms. The van der Waals surface area contributed by atoms with Crippen LogP contribution in [-0.2, 0) is 19.4 Å². The molecular formula is C13H15F2N3O. The van der Waals surface area contributed by atoms with Crippen molar-refractivity contribution < 1.29 is 13.9 Å². The molecule has 2 aromatic rings. The van der Waals surface area contributed by atoms with Gasteiger partial charge in [0.15, 0.2) is 0 Å². The first kappa shape index (κ1) is 13.6. The van der Waals surface area contributed by atoms with Gasteiger partial charge in [-0.15, -0.1) is 0 Å². The highest BCUT2D eigenvalue weighted by atomic mass is 19.1. The van der Waals surface area contributed by atoms with Crippen LogP contribution in [0.15, 0.2) is 24.5 Å². The van der Waals surface area contributed by atoms with E-state index >= 15 is 0 Å². The van der Waals surface area contributed by atoms with Gasteiger partial charge in [0.2, 0.25) is 0 Å². The molecule has 0 aliphatic rings. The number of aryl methyl sites for hydroxylation is 1. The van der Waals surface area contributed by atoms with Gasteiger partial charge in [-0.3, -0.25) is 4.68 Å². The minimum absolute atomic E-state index is 0.114. The molecule has 2 rings (SSSR count). The molecule has 0 aliphatic carbocycles. The minimum Gasteiger partial charge on any atom is -0.392 e. The molecule has 1 heterocycles. The highest BCUT2D eigenvalue weighted by Crippen LogP contribution is 2.13. The summed E-state index contributed by atoms with van der Waals surface area (Å²) in [6, 6.07) is 3.34. The quantitative estimate of drug-likeness (QED) is 0.897. The molecule has 1 aromatic heterocycles. The number of hydrogen-bond acceptors (Lipinski definition) is 3. The average molecular weight is 267 g/mol. The zero-order valence-electron chi connectivity index (χ0n) is 10.6. The summed E-state index contributed by atoms with van der Waals surface area (Å²) in [5.41, 5.74) is 0.288. The average Bonchev–Trinajstić information content (AvgIpc) is 2.80. The van der Waals surface area contributed by atoms with Crippen molar-refractivity contribution in [3.05, 3.63) is 47.5 Å². The minimum atomic E-state index is -0.783. The molecule has 1 N–H and O–H groups in total. The van der Waals surface area contributed by atoms with E-state index in [4.69, 9.17) is 0 Å². The second kappa shape index (κ2) is 5.88. The van der Waals surface area contributed by atoms with Crippen molar-refractivity contribution >= 4 is 0 Å². The molecule has 0 saturated carbocycles. The molecule has 19 heavy (non-hydrogen) atoms. The van der Waals surface area contributed by atoms with E-state index in [2.05, 4.69) is 10.1 Å². The zero-order valence-corrected chi connectivity index (χ0v) is 10.6. The summed E-state index contributed by atoms with van der Waals surface area (Å²) in [5.74, 6) is -0.616. The molecular weight excluding hydrogens is 252 g/mol. The molecule has 0 fully saturated rings. The van der Waals surface area contributed by atoms with Crippen LogP contribution in [0.5, 0.6) is 0 Å². The summed E-state index contributed by atoms with van der Waals surface area (Å²) < 4.78 is 27.9. The van der Waals surface area contributed by atoms with Gasteiger partial charge in [-0.25, -0.2) is 13.8 Å². The number of aliphatic hydroxyl groups excluding tert-OH is 1. The van der Waals surface area contributed by atoms with Crippen LogP contribution in [0.1, 0.15) is 18.3 Å². The normalized spacial score (nSPS) is 12.6. The highest BCUT2D eigenvalue weighted by molar-refractivity contribution is 5.19. The third-order valence-corrected chi connectivity index (χ3v) is 2.88. The third kappa shape index (κ3) is 3.35. The predicted octanol–water partition coefficient (Wildman–Crippen LogP) is 1.72. The Morgan fingerprint density at radius 3 is 2.79 bits per heavy atom. The summed E-state index contributed by atoms with van der Waals surface area (Å²) in [5, 5.41) is 13.9. The molecule has 0 radical (unpaired) electrons. The monoisotopic (exact) mass is 267 g/mol. The standard InChI is InChI=1S/C13H15F2N3O/c1-2-18-13(16-8-17-18)7-11(19)5-9-3-4-10(14)6-12(9)15/h3-4,6,8,11,19H,2,5,7H2,1H3. The van der Waals surface area contributed by atoms with E-state index < -0.39 is 17.7 Å². The summed E-state index contributed by atoms with van der Waals surface area (Å²) in [6.07, 6.45) is 1.03. The Labute approximate surface area is 109 Å². The Balaban J connectivity index is 2.03. The number of rotatable bonds is 5. The van der Waals surface area contributed by atoms with Crippen LogP contribution in [-0.4, -0.2) is 26.0 Å². The van der Waals surface area contributed by atoms with Gasteiger partial charge in [0, 0.05) is 25.5 Å². The summed E-state index contributed by atoms with van der Waals surface area (Å²) in [4.78, 5) is 4.04. The second-order valence-electron chi connectivity index (χ2n) is 4.29. The van der Waals surface area contributed by atoms with Gasteiger partial charge in [0.25, 0.3) is 0 Å². The Hall–Kier alpha value is -1.82. The van der Waals surface area contributed by atoms with E-state index in [1.807, 2.05) is 6.92 Å². The molecule has 1 aromatic carbocycles. The van der Waals surface area contributed by atoms with Crippen LogP contribution in [0.2, 0.25) is 0 Å². The Morgan fingerprint density at radius 1 is 1.32 bits per heavy atom. The number of benzene rings is 1. The van der Waals surface area contributed by atoms with E-state index in [1.165, 1.54) is 18.5 Å². The van der Waals surface area contributed by atoms with Crippen molar-refractivity contribution in [3.8, 4) is 0 Å². The van der Waals surface area contributed by atoms with Crippen LogP contribution >= 0.6 is 0 Å². The Kier molecular flexibility index (Phi) is 4.21. The maximum atomic E-state index is 13.5. The molecule has 6 heteroatoms. The molecule has 0 saturated heterocycles. The lowest BCUT2D eigenvalue weighted by atomic mass is 10.0. The van der Waals surface area contributed by atoms with E-state index in [1.54, 1.807) is 4.68 Å². The van der Waals surface area contributed by atoms with Gasteiger partial charge < -0.3 is 5.11 Å². The van der Waals surface area contributed by atoms with E-state index in [0.29, 0.717) is 12.4 Å². The van der Waals surface area contributed by atoms with Gasteiger partial charge >= 0.3 is 0 Å². The first-order chi connectivity index (χ1) is 9.10. The van der Waals surface area contributed by atoms with Gasteiger partial charge in [-0.1, -0.05) is 6.07 Å². The van der Waals surface area contributed by atoms with Gasteiger partial charge in [-0.2, -0.15) is 5.10 Å². The number of aromatic nitrogens is 3. The molecule has 0 spiro atoms. The lowest BCUT2D eigenvalue weighted by molar-refractivity contribution is 0.170. The van der Waals surface area contributed by atoms with E-state index in [9.17, 15) is 13.9 Å². The molecule has 4 nitrogen and oxygen atoms in total. The predicted molar refractivity (Wildman–Crippen MR) is 65.5 cm³/mol. The van der Waals surface area contributed by atoms with E-state index in [0.717, 1.165) is 6.07 Å². The molecule has 102 valence electrons. The third-order valence-electron chi connectivity index (χ3n) is 2.88. The van der Waals surface area contributed by atoms with Crippen molar-refractivity contribution in [1.29, 1.82) is 0 Å². The number of nitrogens with zero attached hydrogens (tertiary/aromatic N) is 3. The largest absolute Gasteiger partial charge is 0.392 e. The van der Waals surface area contributed by atoms with Crippen molar-refractivity contribution in [2.75, 3.05) is 0 Å². The topological polar surface area (TPSA) is 50.9 Å². The van der Waals surface area contributed by atoms with Crippen molar-refractivity contribution in [2.24, 2.45) is 0 Å². The summed E-state index contributed by atoms with van der Waals surface area (Å²) in [6.45, 7) is 2.58.